The summed E-state index contributed by atoms with van der Waals surface area (Å²) >= 11 is 5.89. The second-order valence-corrected chi connectivity index (χ2v) is 6.45. The molecule has 0 unspecified atom stereocenters. The van der Waals surface area contributed by atoms with Crippen molar-refractivity contribution in [2.24, 2.45) is 0 Å². The molecule has 2 aromatic carbocycles. The summed E-state index contributed by atoms with van der Waals surface area (Å²) < 4.78 is 11.2. The summed E-state index contributed by atoms with van der Waals surface area (Å²) in [4.78, 5) is 25.2. The first-order valence-electron chi connectivity index (χ1n) is 8.52. The summed E-state index contributed by atoms with van der Waals surface area (Å²) in [6, 6.07) is 12.2. The molecule has 0 aliphatic carbocycles. The van der Waals surface area contributed by atoms with Gasteiger partial charge in [-0.1, -0.05) is 35.9 Å². The number of imide groups is 1. The number of hydrogen-bond donors (Lipinski definition) is 1. The number of hydrogen-bond acceptors (Lipinski definition) is 4. The number of halogens is 1. The SMILES string of the molecule is C=CCN1C(=O)N/C(=C/c2ccc(OCc3ccc(Cl)cc3)c(OC)c2)C1=O. The zero-order chi connectivity index (χ0) is 20.1. The lowest BCUT2D eigenvalue weighted by Gasteiger charge is -2.12. The maximum absolute atomic E-state index is 12.3. The molecule has 1 saturated heterocycles. The second-order valence-electron chi connectivity index (χ2n) is 6.02. The van der Waals surface area contributed by atoms with E-state index in [9.17, 15) is 9.59 Å². The number of nitrogens with one attached hydrogen (secondary N) is 1. The number of carbonyl (C=O) groups is 2. The fraction of sp³-hybridized carbons (Fsp3) is 0.143. The summed E-state index contributed by atoms with van der Waals surface area (Å²) in [5, 5.41) is 3.22. The van der Waals surface area contributed by atoms with Gasteiger partial charge in [0.1, 0.15) is 12.3 Å². The molecule has 3 rings (SSSR count). The first-order chi connectivity index (χ1) is 13.5. The van der Waals surface area contributed by atoms with Crippen LogP contribution in [0.1, 0.15) is 11.1 Å². The van der Waals surface area contributed by atoms with Gasteiger partial charge in [0.2, 0.25) is 0 Å². The van der Waals surface area contributed by atoms with Crippen molar-refractivity contribution in [2.75, 3.05) is 13.7 Å². The van der Waals surface area contributed by atoms with Gasteiger partial charge in [0.25, 0.3) is 5.91 Å². The predicted octanol–water partition coefficient (Wildman–Crippen LogP) is 4.01. The van der Waals surface area contributed by atoms with Crippen LogP contribution in [0.5, 0.6) is 11.5 Å². The number of amides is 3. The smallest absolute Gasteiger partial charge is 0.329 e. The van der Waals surface area contributed by atoms with Gasteiger partial charge in [-0.25, -0.2) is 4.79 Å². The molecule has 0 spiro atoms. The van der Waals surface area contributed by atoms with E-state index in [0.717, 1.165) is 10.5 Å². The molecular weight excluding hydrogens is 380 g/mol. The Morgan fingerprint density at radius 2 is 1.89 bits per heavy atom. The number of benzene rings is 2. The van der Waals surface area contributed by atoms with E-state index in [4.69, 9.17) is 21.1 Å². The molecule has 3 amide bonds. The molecular formula is C21H19ClN2O4. The normalized spacial score (nSPS) is 14.9. The van der Waals surface area contributed by atoms with Crippen molar-refractivity contribution in [1.29, 1.82) is 0 Å². The minimum atomic E-state index is -0.467. The van der Waals surface area contributed by atoms with Gasteiger partial charge >= 0.3 is 6.03 Å². The third-order valence-electron chi connectivity index (χ3n) is 4.08. The van der Waals surface area contributed by atoms with Gasteiger partial charge in [-0.2, -0.15) is 0 Å². The van der Waals surface area contributed by atoms with Crippen molar-refractivity contribution in [3.8, 4) is 11.5 Å². The highest BCUT2D eigenvalue weighted by molar-refractivity contribution is 6.30. The fourth-order valence-electron chi connectivity index (χ4n) is 2.67. The van der Waals surface area contributed by atoms with Crippen molar-refractivity contribution >= 4 is 29.6 Å². The van der Waals surface area contributed by atoms with Crippen molar-refractivity contribution < 1.29 is 19.1 Å². The van der Waals surface area contributed by atoms with Crippen molar-refractivity contribution in [3.63, 3.8) is 0 Å². The molecule has 1 heterocycles. The lowest BCUT2D eigenvalue weighted by molar-refractivity contribution is -0.122. The number of nitrogens with zero attached hydrogens (tertiary/aromatic N) is 1. The molecule has 7 heteroatoms. The summed E-state index contributed by atoms with van der Waals surface area (Å²) in [6.07, 6.45) is 3.09. The van der Waals surface area contributed by atoms with Crippen molar-refractivity contribution in [3.05, 3.63) is 77.0 Å². The van der Waals surface area contributed by atoms with Gasteiger partial charge in [-0.3, -0.25) is 9.69 Å². The van der Waals surface area contributed by atoms with Crippen LogP contribution in [0.2, 0.25) is 5.02 Å². The molecule has 1 N–H and O–H groups in total. The molecule has 1 aliphatic rings. The number of carbonyl (C=O) groups excluding carboxylic acids is 2. The standard InChI is InChI=1S/C21H19ClN2O4/c1-3-10-24-20(25)17(23-21(24)26)11-15-6-9-18(19(12-15)27-2)28-13-14-4-7-16(22)8-5-14/h3-9,11-12H,1,10,13H2,2H3,(H,23,26)/b17-11+. The third kappa shape index (κ3) is 4.35. The summed E-state index contributed by atoms with van der Waals surface area (Å²) in [6.45, 7) is 4.06. The maximum atomic E-state index is 12.3. The largest absolute Gasteiger partial charge is 0.493 e. The van der Waals surface area contributed by atoms with E-state index in [1.165, 1.54) is 13.2 Å². The fourth-order valence-corrected chi connectivity index (χ4v) is 2.79. The summed E-state index contributed by atoms with van der Waals surface area (Å²) in [5.74, 6) is 0.685. The van der Waals surface area contributed by atoms with Crippen LogP contribution in [0.15, 0.2) is 60.8 Å². The van der Waals surface area contributed by atoms with E-state index in [0.29, 0.717) is 28.7 Å². The van der Waals surface area contributed by atoms with Crippen molar-refractivity contribution in [1.82, 2.24) is 10.2 Å². The van der Waals surface area contributed by atoms with E-state index >= 15 is 0 Å². The van der Waals surface area contributed by atoms with Crippen LogP contribution in [0.4, 0.5) is 4.79 Å². The first-order valence-corrected chi connectivity index (χ1v) is 8.90. The molecule has 0 atom stereocenters. The van der Waals surface area contributed by atoms with Crippen LogP contribution in [0.25, 0.3) is 6.08 Å². The molecule has 0 saturated carbocycles. The molecule has 28 heavy (non-hydrogen) atoms. The van der Waals surface area contributed by atoms with Crippen molar-refractivity contribution in [2.45, 2.75) is 6.61 Å². The van der Waals surface area contributed by atoms with Crippen LogP contribution < -0.4 is 14.8 Å². The van der Waals surface area contributed by atoms with Crippen LogP contribution in [0.3, 0.4) is 0 Å². The van der Waals surface area contributed by atoms with E-state index in [1.807, 2.05) is 12.1 Å². The summed E-state index contributed by atoms with van der Waals surface area (Å²) in [5.41, 5.74) is 1.86. The predicted molar refractivity (Wildman–Crippen MR) is 107 cm³/mol. The van der Waals surface area contributed by atoms with E-state index in [-0.39, 0.29) is 12.2 Å². The average Bonchev–Trinajstić information content (AvgIpc) is 2.96. The highest BCUT2D eigenvalue weighted by Crippen LogP contribution is 2.30. The highest BCUT2D eigenvalue weighted by atomic mass is 35.5. The van der Waals surface area contributed by atoms with E-state index in [1.54, 1.807) is 36.4 Å². The Morgan fingerprint density at radius 1 is 1.14 bits per heavy atom. The molecule has 144 valence electrons. The second kappa shape index (κ2) is 8.63. The Hall–Kier alpha value is -3.25. The van der Waals surface area contributed by atoms with Gasteiger partial charge in [0.15, 0.2) is 11.5 Å². The minimum Gasteiger partial charge on any atom is -0.493 e. The topological polar surface area (TPSA) is 67.9 Å². The van der Waals surface area contributed by atoms with Gasteiger partial charge in [0, 0.05) is 11.6 Å². The van der Waals surface area contributed by atoms with Crippen LogP contribution >= 0.6 is 11.6 Å². The molecule has 1 aliphatic heterocycles. The first kappa shape index (κ1) is 19.5. The number of methoxy groups -OCH3 is 1. The monoisotopic (exact) mass is 398 g/mol. The maximum Gasteiger partial charge on any atom is 0.329 e. The molecule has 1 fully saturated rings. The Morgan fingerprint density at radius 3 is 2.57 bits per heavy atom. The summed E-state index contributed by atoms with van der Waals surface area (Å²) in [7, 11) is 1.54. The van der Waals surface area contributed by atoms with Gasteiger partial charge in [-0.15, -0.1) is 6.58 Å². The zero-order valence-electron chi connectivity index (χ0n) is 15.3. The number of rotatable bonds is 7. The molecule has 0 bridgehead atoms. The highest BCUT2D eigenvalue weighted by Gasteiger charge is 2.32. The minimum absolute atomic E-state index is 0.156. The van der Waals surface area contributed by atoms with Crippen LogP contribution in [-0.4, -0.2) is 30.5 Å². The lowest BCUT2D eigenvalue weighted by Crippen LogP contribution is -2.30. The number of ether oxygens (including phenoxy) is 2. The van der Waals surface area contributed by atoms with E-state index in [2.05, 4.69) is 11.9 Å². The van der Waals surface area contributed by atoms with Gasteiger partial charge in [-0.05, 0) is 41.5 Å². The van der Waals surface area contributed by atoms with Gasteiger partial charge in [0.05, 0.1) is 7.11 Å². The zero-order valence-corrected chi connectivity index (χ0v) is 16.0. The van der Waals surface area contributed by atoms with Crippen LogP contribution in [-0.2, 0) is 11.4 Å². The molecule has 0 radical (unpaired) electrons. The quantitative estimate of drug-likeness (QED) is 0.434. The van der Waals surface area contributed by atoms with Gasteiger partial charge < -0.3 is 14.8 Å². The molecule has 2 aromatic rings. The Bertz CT molecular complexity index is 938. The Labute approximate surface area is 168 Å². The van der Waals surface area contributed by atoms with E-state index < -0.39 is 11.9 Å². The lowest BCUT2D eigenvalue weighted by atomic mass is 10.1. The Kier molecular flexibility index (Phi) is 6.01. The third-order valence-corrected chi connectivity index (χ3v) is 4.33. The number of urea groups is 1. The molecule has 6 nitrogen and oxygen atoms in total. The molecule has 0 aromatic heterocycles. The van der Waals surface area contributed by atoms with Crippen LogP contribution in [0, 0.1) is 0 Å². The Balaban J connectivity index is 1.76. The average molecular weight is 399 g/mol.